The molecule has 20 heavy (non-hydrogen) atoms. The fourth-order valence-corrected chi connectivity index (χ4v) is 2.22. The lowest BCUT2D eigenvalue weighted by Gasteiger charge is -2.25. The van der Waals surface area contributed by atoms with Crippen molar-refractivity contribution in [1.82, 2.24) is 10.1 Å². The van der Waals surface area contributed by atoms with E-state index >= 15 is 0 Å². The molecule has 6 nitrogen and oxygen atoms in total. The fourth-order valence-electron chi connectivity index (χ4n) is 1.70. The molecule has 1 atom stereocenters. The van der Waals surface area contributed by atoms with E-state index in [4.69, 9.17) is 9.26 Å². The standard InChI is InChI=1S/C13H21N3O3S/c1-13(2,3)20(17)14-9-11-8-12(19-15-11)10-16-4-6-18-7-5-16/h8-9H,4-7,10H2,1-3H3/t20-/m1/s1. The van der Waals surface area contributed by atoms with Gasteiger partial charge in [0.05, 0.1) is 30.7 Å². The van der Waals surface area contributed by atoms with Crippen LogP contribution in [0.4, 0.5) is 0 Å². The lowest BCUT2D eigenvalue weighted by Crippen LogP contribution is -2.35. The maximum Gasteiger partial charge on any atom is 0.151 e. The summed E-state index contributed by atoms with van der Waals surface area (Å²) in [6.07, 6.45) is 1.51. The van der Waals surface area contributed by atoms with Gasteiger partial charge in [0, 0.05) is 19.2 Å². The van der Waals surface area contributed by atoms with E-state index in [0.29, 0.717) is 12.2 Å². The molecule has 1 fully saturated rings. The zero-order chi connectivity index (χ0) is 14.6. The lowest BCUT2D eigenvalue weighted by atomic mass is 10.3. The van der Waals surface area contributed by atoms with Gasteiger partial charge in [-0.25, -0.2) is 4.21 Å². The molecule has 0 amide bonds. The summed E-state index contributed by atoms with van der Waals surface area (Å²) in [4.78, 5) is 2.25. The van der Waals surface area contributed by atoms with Gasteiger partial charge in [0.25, 0.3) is 0 Å². The van der Waals surface area contributed by atoms with Gasteiger partial charge in [-0.3, -0.25) is 4.90 Å². The van der Waals surface area contributed by atoms with Crippen LogP contribution in [0.1, 0.15) is 32.2 Å². The molecular formula is C13H21N3O3S. The van der Waals surface area contributed by atoms with Crippen molar-refractivity contribution < 1.29 is 13.5 Å². The van der Waals surface area contributed by atoms with Crippen LogP contribution in [-0.4, -0.2) is 51.5 Å². The summed E-state index contributed by atoms with van der Waals surface area (Å²) in [5, 5.41) is 3.92. The number of nitrogens with zero attached hydrogens (tertiary/aromatic N) is 3. The molecule has 0 bridgehead atoms. The third-order valence-electron chi connectivity index (χ3n) is 2.86. The first-order valence-corrected chi connectivity index (χ1v) is 7.77. The van der Waals surface area contributed by atoms with Crippen molar-refractivity contribution in [3.05, 3.63) is 17.5 Å². The Labute approximate surface area is 121 Å². The highest BCUT2D eigenvalue weighted by Gasteiger charge is 2.18. The molecular weight excluding hydrogens is 278 g/mol. The van der Waals surface area contributed by atoms with E-state index < -0.39 is 11.0 Å². The molecule has 0 spiro atoms. The Hall–Kier alpha value is -1.05. The normalized spacial score (nSPS) is 19.6. The van der Waals surface area contributed by atoms with E-state index in [9.17, 15) is 4.21 Å². The molecule has 1 aliphatic heterocycles. The molecule has 7 heteroatoms. The third-order valence-corrected chi connectivity index (χ3v) is 4.21. The molecule has 0 radical (unpaired) electrons. The lowest BCUT2D eigenvalue weighted by molar-refractivity contribution is 0.0305. The maximum atomic E-state index is 11.8. The predicted octanol–water partition coefficient (Wildman–Crippen LogP) is 1.39. The van der Waals surface area contributed by atoms with Gasteiger partial charge < -0.3 is 9.26 Å². The summed E-state index contributed by atoms with van der Waals surface area (Å²) in [7, 11) is -1.27. The number of rotatable bonds is 4. The second kappa shape index (κ2) is 6.60. The largest absolute Gasteiger partial charge is 0.379 e. The van der Waals surface area contributed by atoms with Crippen LogP contribution in [0.2, 0.25) is 0 Å². The minimum atomic E-state index is -1.27. The van der Waals surface area contributed by atoms with Gasteiger partial charge in [0.15, 0.2) is 5.76 Å². The second-order valence-electron chi connectivity index (χ2n) is 5.70. The molecule has 112 valence electrons. The summed E-state index contributed by atoms with van der Waals surface area (Å²) in [6, 6.07) is 1.83. The fraction of sp³-hybridized carbons (Fsp3) is 0.692. The molecule has 0 aromatic carbocycles. The van der Waals surface area contributed by atoms with Crippen LogP contribution < -0.4 is 0 Å². The average molecular weight is 299 g/mol. The first-order chi connectivity index (χ1) is 9.45. The van der Waals surface area contributed by atoms with Gasteiger partial charge in [-0.1, -0.05) is 5.16 Å². The topological polar surface area (TPSA) is 67.9 Å². The van der Waals surface area contributed by atoms with E-state index in [2.05, 4.69) is 14.5 Å². The Morgan fingerprint density at radius 3 is 2.80 bits per heavy atom. The summed E-state index contributed by atoms with van der Waals surface area (Å²) in [5.41, 5.74) is 0.603. The van der Waals surface area contributed by atoms with Gasteiger partial charge in [-0.05, 0) is 20.8 Å². The summed E-state index contributed by atoms with van der Waals surface area (Å²) in [6.45, 7) is 9.68. The van der Waals surface area contributed by atoms with Gasteiger partial charge in [-0.2, -0.15) is 4.40 Å². The van der Waals surface area contributed by atoms with Crippen molar-refractivity contribution in [2.75, 3.05) is 26.3 Å². The molecule has 1 aromatic heterocycles. The van der Waals surface area contributed by atoms with Crippen LogP contribution in [0.25, 0.3) is 0 Å². The first-order valence-electron chi connectivity index (χ1n) is 6.67. The van der Waals surface area contributed by atoms with E-state index in [1.807, 2.05) is 26.8 Å². The number of hydrogen-bond acceptors (Lipinski definition) is 5. The molecule has 0 N–H and O–H groups in total. The Kier molecular flexibility index (Phi) is 5.06. The second-order valence-corrected chi connectivity index (χ2v) is 7.64. The smallest absolute Gasteiger partial charge is 0.151 e. The number of hydrogen-bond donors (Lipinski definition) is 0. The Balaban J connectivity index is 1.91. The maximum absolute atomic E-state index is 11.8. The molecule has 2 heterocycles. The van der Waals surface area contributed by atoms with Crippen LogP contribution >= 0.6 is 0 Å². The monoisotopic (exact) mass is 299 g/mol. The summed E-state index contributed by atoms with van der Waals surface area (Å²) < 4.78 is 26.0. The molecule has 0 unspecified atom stereocenters. The molecule has 1 aromatic rings. The molecule has 0 saturated carbocycles. The highest BCUT2D eigenvalue weighted by Crippen LogP contribution is 2.13. The van der Waals surface area contributed by atoms with Crippen molar-refractivity contribution in [3.63, 3.8) is 0 Å². The van der Waals surface area contributed by atoms with Crippen molar-refractivity contribution in [2.24, 2.45) is 4.40 Å². The first kappa shape index (κ1) is 15.3. The van der Waals surface area contributed by atoms with E-state index in [0.717, 1.165) is 32.1 Å². The Bertz CT molecular complexity index is 487. The van der Waals surface area contributed by atoms with E-state index in [-0.39, 0.29) is 4.75 Å². The van der Waals surface area contributed by atoms with Crippen molar-refractivity contribution in [1.29, 1.82) is 0 Å². The highest BCUT2D eigenvalue weighted by atomic mass is 32.2. The number of ether oxygens (including phenoxy) is 1. The highest BCUT2D eigenvalue weighted by molar-refractivity contribution is 7.85. The molecule has 1 saturated heterocycles. The molecule has 1 aliphatic rings. The Morgan fingerprint density at radius 2 is 2.15 bits per heavy atom. The van der Waals surface area contributed by atoms with Crippen molar-refractivity contribution in [2.45, 2.75) is 32.1 Å². The van der Waals surface area contributed by atoms with Crippen LogP contribution in [0.3, 0.4) is 0 Å². The van der Waals surface area contributed by atoms with Crippen LogP contribution in [-0.2, 0) is 22.3 Å². The van der Waals surface area contributed by atoms with E-state index in [1.165, 1.54) is 6.21 Å². The summed E-state index contributed by atoms with van der Waals surface area (Å²) >= 11 is 0. The quantitative estimate of drug-likeness (QED) is 0.786. The van der Waals surface area contributed by atoms with Crippen molar-refractivity contribution >= 4 is 17.2 Å². The van der Waals surface area contributed by atoms with Crippen molar-refractivity contribution in [3.8, 4) is 0 Å². The van der Waals surface area contributed by atoms with E-state index in [1.54, 1.807) is 0 Å². The molecule has 2 rings (SSSR count). The predicted molar refractivity (Wildman–Crippen MR) is 78.1 cm³/mol. The molecule has 0 aliphatic carbocycles. The third kappa shape index (κ3) is 4.50. The van der Waals surface area contributed by atoms with Crippen LogP contribution in [0.15, 0.2) is 15.0 Å². The summed E-state index contributed by atoms with van der Waals surface area (Å²) in [5.74, 6) is 0.787. The average Bonchev–Trinajstić information content (AvgIpc) is 2.83. The zero-order valence-electron chi connectivity index (χ0n) is 12.2. The Morgan fingerprint density at radius 1 is 1.45 bits per heavy atom. The van der Waals surface area contributed by atoms with Gasteiger partial charge >= 0.3 is 0 Å². The number of morpholine rings is 1. The van der Waals surface area contributed by atoms with Crippen LogP contribution in [0, 0.1) is 0 Å². The van der Waals surface area contributed by atoms with Crippen LogP contribution in [0.5, 0.6) is 0 Å². The zero-order valence-corrected chi connectivity index (χ0v) is 13.0. The van der Waals surface area contributed by atoms with Gasteiger partial charge in [0.2, 0.25) is 0 Å². The SMILES string of the molecule is CC(C)(C)[S@@](=O)N=Cc1cc(CN2CCOCC2)on1. The minimum Gasteiger partial charge on any atom is -0.379 e. The van der Waals surface area contributed by atoms with Gasteiger partial charge in [-0.15, -0.1) is 0 Å². The number of aromatic nitrogens is 1. The van der Waals surface area contributed by atoms with Gasteiger partial charge in [0.1, 0.15) is 16.7 Å². The minimum absolute atomic E-state index is 0.364.